The SMILES string of the molecule is Cc1cc(-n2cc(C3(C)COC3)ccc2=O)cs1. The van der Waals surface area contributed by atoms with Gasteiger partial charge in [0.1, 0.15) is 0 Å². The molecule has 3 rings (SSSR count). The van der Waals surface area contributed by atoms with Crippen molar-refractivity contribution in [2.75, 3.05) is 13.2 Å². The first-order chi connectivity index (χ1) is 8.58. The fourth-order valence-electron chi connectivity index (χ4n) is 2.18. The number of pyridine rings is 1. The predicted molar refractivity (Wildman–Crippen MR) is 72.8 cm³/mol. The quantitative estimate of drug-likeness (QED) is 0.831. The lowest BCUT2D eigenvalue weighted by molar-refractivity contribution is -0.0502. The molecule has 4 heteroatoms. The number of ether oxygens (including phenoxy) is 1. The van der Waals surface area contributed by atoms with Crippen LogP contribution in [0.25, 0.3) is 5.69 Å². The molecule has 0 spiro atoms. The van der Waals surface area contributed by atoms with E-state index in [1.165, 1.54) is 4.88 Å². The minimum atomic E-state index is 0.0143. The van der Waals surface area contributed by atoms with Gasteiger partial charge in [0.05, 0.1) is 18.9 Å². The summed E-state index contributed by atoms with van der Waals surface area (Å²) in [6.45, 7) is 5.67. The fourth-order valence-corrected chi connectivity index (χ4v) is 2.85. The van der Waals surface area contributed by atoms with Crippen LogP contribution in [0.5, 0.6) is 0 Å². The maximum absolute atomic E-state index is 12.0. The van der Waals surface area contributed by atoms with Crippen LogP contribution in [0.3, 0.4) is 0 Å². The van der Waals surface area contributed by atoms with E-state index in [9.17, 15) is 4.79 Å². The van der Waals surface area contributed by atoms with Gasteiger partial charge in [0.2, 0.25) is 0 Å². The zero-order chi connectivity index (χ0) is 12.8. The lowest BCUT2D eigenvalue weighted by atomic mass is 9.82. The van der Waals surface area contributed by atoms with Crippen LogP contribution in [0, 0.1) is 6.92 Å². The normalized spacial score (nSPS) is 17.4. The third-order valence-electron chi connectivity index (χ3n) is 3.44. The molecule has 0 radical (unpaired) electrons. The van der Waals surface area contributed by atoms with E-state index in [0.29, 0.717) is 0 Å². The average molecular weight is 261 g/mol. The summed E-state index contributed by atoms with van der Waals surface area (Å²) in [4.78, 5) is 13.2. The van der Waals surface area contributed by atoms with E-state index >= 15 is 0 Å². The Labute approximate surface area is 110 Å². The number of hydrogen-bond donors (Lipinski definition) is 0. The molecule has 2 aromatic heterocycles. The summed E-state index contributed by atoms with van der Waals surface area (Å²) in [5.41, 5.74) is 2.19. The van der Waals surface area contributed by atoms with E-state index in [-0.39, 0.29) is 11.0 Å². The highest BCUT2D eigenvalue weighted by atomic mass is 32.1. The van der Waals surface area contributed by atoms with Crippen LogP contribution in [-0.2, 0) is 10.2 Å². The van der Waals surface area contributed by atoms with E-state index < -0.39 is 0 Å². The van der Waals surface area contributed by atoms with Crippen molar-refractivity contribution in [3.05, 3.63) is 50.6 Å². The van der Waals surface area contributed by atoms with E-state index in [1.807, 2.05) is 30.6 Å². The first-order valence-electron chi connectivity index (χ1n) is 5.95. The number of aromatic nitrogens is 1. The molecule has 0 unspecified atom stereocenters. The van der Waals surface area contributed by atoms with Crippen molar-refractivity contribution in [1.29, 1.82) is 0 Å². The molecule has 0 atom stereocenters. The molecule has 1 aliphatic heterocycles. The number of thiophene rings is 1. The van der Waals surface area contributed by atoms with Crippen LogP contribution in [-0.4, -0.2) is 17.8 Å². The van der Waals surface area contributed by atoms with Crippen LogP contribution in [0.1, 0.15) is 17.4 Å². The van der Waals surface area contributed by atoms with Crippen LogP contribution < -0.4 is 5.56 Å². The van der Waals surface area contributed by atoms with Gasteiger partial charge in [-0.15, -0.1) is 11.3 Å². The molecule has 0 bridgehead atoms. The summed E-state index contributed by atoms with van der Waals surface area (Å²) in [6.07, 6.45) is 1.95. The van der Waals surface area contributed by atoms with Gasteiger partial charge >= 0.3 is 0 Å². The molecule has 18 heavy (non-hydrogen) atoms. The Morgan fingerprint density at radius 3 is 2.72 bits per heavy atom. The van der Waals surface area contributed by atoms with Crippen molar-refractivity contribution in [3.8, 4) is 5.69 Å². The van der Waals surface area contributed by atoms with Gasteiger partial charge in [-0.3, -0.25) is 9.36 Å². The van der Waals surface area contributed by atoms with Gasteiger partial charge in [-0.1, -0.05) is 13.0 Å². The van der Waals surface area contributed by atoms with E-state index in [1.54, 1.807) is 22.0 Å². The predicted octanol–water partition coefficient (Wildman–Crippen LogP) is 2.50. The standard InChI is InChI=1S/C14H15NO2S/c1-10-5-12(7-18-10)15-6-11(3-4-13(15)16)14(2)8-17-9-14/h3-7H,8-9H2,1-2H3. The second-order valence-electron chi connectivity index (χ2n) is 5.10. The van der Waals surface area contributed by atoms with Crippen molar-refractivity contribution >= 4 is 11.3 Å². The molecule has 3 heterocycles. The van der Waals surface area contributed by atoms with Gasteiger partial charge < -0.3 is 4.74 Å². The van der Waals surface area contributed by atoms with Crippen LogP contribution >= 0.6 is 11.3 Å². The Bertz CT molecular complexity index is 637. The highest BCUT2D eigenvalue weighted by molar-refractivity contribution is 7.10. The second kappa shape index (κ2) is 4.07. The molecular weight excluding hydrogens is 246 g/mol. The van der Waals surface area contributed by atoms with Crippen molar-refractivity contribution in [2.24, 2.45) is 0 Å². The number of rotatable bonds is 2. The van der Waals surface area contributed by atoms with Crippen molar-refractivity contribution < 1.29 is 4.74 Å². The van der Waals surface area contributed by atoms with Gasteiger partial charge in [-0.2, -0.15) is 0 Å². The van der Waals surface area contributed by atoms with Gasteiger partial charge in [-0.25, -0.2) is 0 Å². The molecule has 0 aromatic carbocycles. The first-order valence-corrected chi connectivity index (χ1v) is 6.83. The monoisotopic (exact) mass is 261 g/mol. The summed E-state index contributed by atoms with van der Waals surface area (Å²) in [7, 11) is 0. The number of nitrogens with zero attached hydrogens (tertiary/aromatic N) is 1. The number of hydrogen-bond acceptors (Lipinski definition) is 3. The van der Waals surface area contributed by atoms with Crippen LogP contribution in [0.4, 0.5) is 0 Å². The highest BCUT2D eigenvalue weighted by Gasteiger charge is 2.35. The van der Waals surface area contributed by atoms with Gasteiger partial charge in [0.15, 0.2) is 0 Å². The summed E-state index contributed by atoms with van der Waals surface area (Å²) < 4.78 is 7.01. The highest BCUT2D eigenvalue weighted by Crippen LogP contribution is 2.31. The van der Waals surface area contributed by atoms with E-state index in [4.69, 9.17) is 4.74 Å². The molecule has 1 aliphatic rings. The summed E-state index contributed by atoms with van der Waals surface area (Å²) in [5.74, 6) is 0. The summed E-state index contributed by atoms with van der Waals surface area (Å²) in [6, 6.07) is 5.60. The summed E-state index contributed by atoms with van der Waals surface area (Å²) in [5, 5.41) is 2.01. The third-order valence-corrected chi connectivity index (χ3v) is 4.29. The Balaban J connectivity index is 2.09. The lowest BCUT2D eigenvalue weighted by Gasteiger charge is -2.38. The van der Waals surface area contributed by atoms with E-state index in [2.05, 4.69) is 6.92 Å². The Morgan fingerprint density at radius 1 is 1.39 bits per heavy atom. The largest absolute Gasteiger partial charge is 0.379 e. The summed E-state index contributed by atoms with van der Waals surface area (Å²) >= 11 is 1.66. The maximum atomic E-state index is 12.0. The zero-order valence-electron chi connectivity index (χ0n) is 10.5. The maximum Gasteiger partial charge on any atom is 0.255 e. The lowest BCUT2D eigenvalue weighted by Crippen LogP contribution is -2.44. The zero-order valence-corrected chi connectivity index (χ0v) is 11.3. The van der Waals surface area contributed by atoms with Crippen LogP contribution in [0.2, 0.25) is 0 Å². The average Bonchev–Trinajstić information content (AvgIpc) is 2.73. The van der Waals surface area contributed by atoms with Crippen molar-refractivity contribution in [3.63, 3.8) is 0 Å². The molecule has 1 saturated heterocycles. The van der Waals surface area contributed by atoms with Crippen LogP contribution in [0.15, 0.2) is 34.6 Å². The topological polar surface area (TPSA) is 31.2 Å². The van der Waals surface area contributed by atoms with Gasteiger partial charge in [0, 0.05) is 27.9 Å². The van der Waals surface area contributed by atoms with Gasteiger partial charge in [0.25, 0.3) is 5.56 Å². The minimum absolute atomic E-state index is 0.0143. The fraction of sp³-hybridized carbons (Fsp3) is 0.357. The Morgan fingerprint density at radius 2 is 2.17 bits per heavy atom. The molecule has 0 amide bonds. The molecule has 0 saturated carbocycles. The number of aryl methyl sites for hydroxylation is 1. The first kappa shape index (κ1) is 11.7. The van der Waals surface area contributed by atoms with Crippen molar-refractivity contribution in [2.45, 2.75) is 19.3 Å². The molecule has 3 nitrogen and oxygen atoms in total. The molecule has 2 aromatic rings. The molecule has 0 N–H and O–H groups in total. The molecule has 94 valence electrons. The van der Waals surface area contributed by atoms with Gasteiger partial charge in [-0.05, 0) is 18.6 Å². The molecular formula is C14H15NO2S. The minimum Gasteiger partial charge on any atom is -0.379 e. The van der Waals surface area contributed by atoms with Crippen molar-refractivity contribution in [1.82, 2.24) is 4.57 Å². The molecule has 0 aliphatic carbocycles. The Hall–Kier alpha value is -1.39. The van der Waals surface area contributed by atoms with E-state index in [0.717, 1.165) is 24.5 Å². The second-order valence-corrected chi connectivity index (χ2v) is 6.21. The smallest absolute Gasteiger partial charge is 0.255 e. The molecule has 1 fully saturated rings. The third kappa shape index (κ3) is 1.82. The Kier molecular flexibility index (Phi) is 2.64.